The van der Waals surface area contributed by atoms with Gasteiger partial charge in [0.1, 0.15) is 5.75 Å². The number of nitrogens with zero attached hydrogens (tertiary/aromatic N) is 4. The van der Waals surface area contributed by atoms with Crippen LogP contribution in [0.3, 0.4) is 0 Å². The van der Waals surface area contributed by atoms with E-state index in [2.05, 4.69) is 9.29 Å². The molecule has 1 N–H and O–H groups in total. The minimum Gasteiger partial charge on any atom is -0.633 e. The molecule has 2 unspecified atom stereocenters. The Bertz CT molecular complexity index is 2090. The number of halogens is 3. The Morgan fingerprint density at radius 2 is 1.61 bits per heavy atom. The third-order valence-electron chi connectivity index (χ3n) is 13.3. The van der Waals surface area contributed by atoms with Crippen LogP contribution in [0, 0.1) is 21.5 Å². The Morgan fingerprint density at radius 1 is 0.981 bits per heavy atom. The molecule has 2 aliphatic heterocycles. The first-order valence-electron chi connectivity index (χ1n) is 18.9. The van der Waals surface area contributed by atoms with Gasteiger partial charge in [-0.15, -0.1) is 0 Å². The number of quaternary nitrogens is 1. The van der Waals surface area contributed by atoms with Crippen LogP contribution in [-0.4, -0.2) is 98.8 Å². The summed E-state index contributed by atoms with van der Waals surface area (Å²) in [5.74, 6) is 0.120. The zero-order valence-electron chi connectivity index (χ0n) is 31.0. The molecule has 8 rings (SSSR count). The molecular weight excluding hydrogens is 724 g/mol. The summed E-state index contributed by atoms with van der Waals surface area (Å²) >= 11 is 0. The average Bonchev–Trinajstić information content (AvgIpc) is 3.75. The molecule has 3 aliphatic carbocycles. The van der Waals surface area contributed by atoms with Gasteiger partial charge in [-0.2, -0.15) is 25.9 Å². The molecule has 2 saturated heterocycles. The lowest BCUT2D eigenvalue weighted by Gasteiger charge is -2.45. The van der Waals surface area contributed by atoms with Crippen LogP contribution in [0.15, 0.2) is 42.5 Å². The first-order chi connectivity index (χ1) is 25.4. The highest BCUT2D eigenvalue weighted by Gasteiger charge is 2.74. The van der Waals surface area contributed by atoms with Crippen molar-refractivity contribution in [3.8, 4) is 17.0 Å². The van der Waals surface area contributed by atoms with Crippen LogP contribution >= 0.6 is 0 Å². The molecule has 2 aromatic carbocycles. The molecule has 2 amide bonds. The number of likely N-dealkylation sites (tertiary alicyclic amines) is 2. The number of nitrogens with one attached hydrogen (secondary N) is 1. The van der Waals surface area contributed by atoms with Crippen molar-refractivity contribution in [2.24, 2.45) is 16.2 Å². The van der Waals surface area contributed by atoms with Gasteiger partial charge in [0.25, 0.3) is 5.91 Å². The lowest BCUT2D eigenvalue weighted by Crippen LogP contribution is -2.50. The maximum Gasteiger partial charge on any atom is 0.438 e. The van der Waals surface area contributed by atoms with Crippen LogP contribution in [0.2, 0.25) is 0 Å². The molecule has 15 heteroatoms. The van der Waals surface area contributed by atoms with Crippen LogP contribution in [0.4, 0.5) is 13.2 Å². The number of hydroxylamine groups is 3. The lowest BCUT2D eigenvalue weighted by atomic mass is 9.53. The number of hydrogen-bond acceptors (Lipinski definition) is 6. The molecule has 5 aliphatic rings. The number of carbonyl (C=O) groups excluding carboxylic acids is 2. The van der Waals surface area contributed by atoms with Crippen molar-refractivity contribution in [3.63, 3.8) is 0 Å². The Balaban J connectivity index is 1.19. The fourth-order valence-electron chi connectivity index (χ4n) is 10.5. The fraction of sp³-hybridized carbons (Fsp3) is 0.590. The third kappa shape index (κ3) is 6.19. The van der Waals surface area contributed by atoms with Gasteiger partial charge in [-0.05, 0) is 92.0 Å². The van der Waals surface area contributed by atoms with Gasteiger partial charge in [0.05, 0.1) is 42.1 Å². The molecule has 3 heterocycles. The smallest absolute Gasteiger partial charge is 0.438 e. The predicted molar refractivity (Wildman–Crippen MR) is 196 cm³/mol. The highest BCUT2D eigenvalue weighted by atomic mass is 32.2. The number of fused-ring (bicyclic) bond motifs is 1. The van der Waals surface area contributed by atoms with E-state index in [1.165, 1.54) is 14.1 Å². The molecule has 0 bridgehead atoms. The van der Waals surface area contributed by atoms with E-state index in [4.69, 9.17) is 4.74 Å². The van der Waals surface area contributed by atoms with Crippen LogP contribution in [0.25, 0.3) is 22.2 Å². The maximum atomic E-state index is 14.7. The SMILES string of the molecule is COc1ccc(-c2c(C3CCCCC3)c3ccc(C(=O)NS(=O)(=O)N(C)C)cc3n2CC2(C(=O)N3CC45CCC4(C3)C[N+]([O-])(CC(F)(F)F)C5)CC2)cc1. The van der Waals surface area contributed by atoms with Gasteiger partial charge >= 0.3 is 16.4 Å². The van der Waals surface area contributed by atoms with Crippen molar-refractivity contribution < 1.29 is 40.6 Å². The average molecular weight is 772 g/mol. The van der Waals surface area contributed by atoms with E-state index in [1.807, 2.05) is 35.2 Å². The van der Waals surface area contributed by atoms with E-state index in [1.54, 1.807) is 19.2 Å². The van der Waals surface area contributed by atoms with Crippen LogP contribution in [-0.2, 0) is 21.5 Å². The van der Waals surface area contributed by atoms with Gasteiger partial charge in [0.15, 0.2) is 6.54 Å². The molecule has 292 valence electrons. The maximum absolute atomic E-state index is 14.7. The van der Waals surface area contributed by atoms with Crippen molar-refractivity contribution in [2.75, 3.05) is 53.9 Å². The van der Waals surface area contributed by atoms with Crippen molar-refractivity contribution in [1.29, 1.82) is 0 Å². The second kappa shape index (κ2) is 12.7. The van der Waals surface area contributed by atoms with Crippen molar-refractivity contribution in [2.45, 2.75) is 76.4 Å². The summed E-state index contributed by atoms with van der Waals surface area (Å²) in [6.45, 7) is -0.733. The first kappa shape index (κ1) is 37.3. The number of methoxy groups -OCH3 is 1. The number of alkyl halides is 3. The molecule has 3 saturated carbocycles. The number of amides is 2. The zero-order valence-corrected chi connectivity index (χ0v) is 31.8. The number of benzene rings is 2. The Morgan fingerprint density at radius 3 is 2.15 bits per heavy atom. The van der Waals surface area contributed by atoms with E-state index < -0.39 is 49.7 Å². The number of ether oxygens (including phenoxy) is 1. The first-order valence-corrected chi connectivity index (χ1v) is 20.3. The molecule has 11 nitrogen and oxygen atoms in total. The minimum absolute atomic E-state index is 0.0370. The van der Waals surface area contributed by atoms with Crippen LogP contribution in [0.1, 0.15) is 79.6 Å². The van der Waals surface area contributed by atoms with Crippen molar-refractivity contribution >= 4 is 32.9 Å². The number of aromatic nitrogens is 1. The van der Waals surface area contributed by atoms with Crippen molar-refractivity contribution in [3.05, 3.63) is 58.8 Å². The Labute approximate surface area is 313 Å². The van der Waals surface area contributed by atoms with Gasteiger partial charge in [-0.25, -0.2) is 4.72 Å². The number of rotatable bonds is 10. The predicted octanol–water partition coefficient (Wildman–Crippen LogP) is 6.18. The van der Waals surface area contributed by atoms with Crippen LogP contribution < -0.4 is 9.46 Å². The van der Waals surface area contributed by atoms with E-state index >= 15 is 0 Å². The number of carbonyl (C=O) groups is 2. The summed E-state index contributed by atoms with van der Waals surface area (Å²) in [6, 6.07) is 13.1. The second-order valence-corrected chi connectivity index (χ2v) is 18.9. The monoisotopic (exact) mass is 771 g/mol. The molecule has 0 spiro atoms. The minimum atomic E-state index is -4.56. The molecular formula is C39H48F3N5O6S. The normalized spacial score (nSPS) is 27.8. The van der Waals surface area contributed by atoms with E-state index in [0.29, 0.717) is 51.1 Å². The molecule has 3 aromatic rings. The van der Waals surface area contributed by atoms with E-state index in [0.717, 1.165) is 64.1 Å². The largest absolute Gasteiger partial charge is 0.633 e. The summed E-state index contributed by atoms with van der Waals surface area (Å²) in [5.41, 5.74) is 1.96. The van der Waals surface area contributed by atoms with Crippen molar-refractivity contribution in [1.82, 2.24) is 18.5 Å². The molecule has 0 radical (unpaired) electrons. The van der Waals surface area contributed by atoms with Gasteiger partial charge in [-0.1, -0.05) is 25.3 Å². The summed E-state index contributed by atoms with van der Waals surface area (Å²) in [4.78, 5) is 30.0. The molecule has 2 atom stereocenters. The number of hydrogen-bond donors (Lipinski definition) is 1. The highest BCUT2D eigenvalue weighted by molar-refractivity contribution is 7.87. The van der Waals surface area contributed by atoms with Gasteiger partial charge in [0, 0.05) is 50.2 Å². The lowest BCUT2D eigenvalue weighted by molar-refractivity contribution is -0.884. The second-order valence-electron chi connectivity index (χ2n) is 17.0. The third-order valence-corrected chi connectivity index (χ3v) is 14.7. The van der Waals surface area contributed by atoms with Crippen LogP contribution in [0.5, 0.6) is 5.75 Å². The summed E-state index contributed by atoms with van der Waals surface area (Å²) < 4.78 is 75.0. The molecule has 1 aromatic heterocycles. The van der Waals surface area contributed by atoms with E-state index in [-0.39, 0.29) is 30.5 Å². The summed E-state index contributed by atoms with van der Waals surface area (Å²) in [6.07, 6.45) is 3.27. The van der Waals surface area contributed by atoms with Gasteiger partial charge < -0.3 is 24.1 Å². The Kier molecular flexibility index (Phi) is 8.76. The Hall–Kier alpha value is -3.66. The van der Waals surface area contributed by atoms with Gasteiger partial charge in [0.2, 0.25) is 5.91 Å². The summed E-state index contributed by atoms with van der Waals surface area (Å²) in [7, 11) is 0.225. The fourth-order valence-corrected chi connectivity index (χ4v) is 11.0. The molecule has 5 fully saturated rings. The quantitative estimate of drug-likeness (QED) is 0.194. The van der Waals surface area contributed by atoms with Gasteiger partial charge in [-0.3, -0.25) is 9.59 Å². The zero-order chi connectivity index (χ0) is 38.5. The van der Waals surface area contributed by atoms with E-state index in [9.17, 15) is 36.4 Å². The topological polar surface area (TPSA) is 124 Å². The molecule has 54 heavy (non-hydrogen) atoms. The highest BCUT2D eigenvalue weighted by Crippen LogP contribution is 2.68. The summed E-state index contributed by atoms with van der Waals surface area (Å²) in [5, 5.41) is 14.4. The standard InChI is InChI=1S/C39H48F3N5O6S/c1-44(2)54(51,52)43-34(48)28-11-14-30-31(19-28)46(33(27-9-12-29(53-3)13-10-27)32(30)26-7-5-4-6-8-26)20-36(15-16-36)35(49)45-21-37-17-18-38(37,22-45)24-47(50,23-37)25-39(40,41)42/h9-14,19,26H,4-8,15-18,20-25H2,1-3H3,(H,43,48).